The number of carboxylic acid groups (broad SMARTS) is 1. The Bertz CT molecular complexity index is 365. The molecule has 0 saturated heterocycles. The largest absolute Gasteiger partial charge is 0.478 e. The van der Waals surface area contributed by atoms with Crippen molar-refractivity contribution in [2.45, 2.75) is 70.5 Å². The second kappa shape index (κ2) is 5.33. The van der Waals surface area contributed by atoms with Crippen LogP contribution in [0.25, 0.3) is 0 Å². The molecular weight excluding hydrogens is 284 g/mol. The lowest BCUT2D eigenvalue weighted by atomic mass is 10.2. The van der Waals surface area contributed by atoms with Crippen molar-refractivity contribution in [3.05, 3.63) is 11.3 Å². The zero-order valence-electron chi connectivity index (χ0n) is 14.4. The summed E-state index contributed by atoms with van der Waals surface area (Å²) in [5, 5.41) is 9.80. The second-order valence-corrected chi connectivity index (χ2v) is 25.4. The summed E-state index contributed by atoms with van der Waals surface area (Å²) >= 11 is 0. The van der Waals surface area contributed by atoms with Crippen LogP contribution in [-0.2, 0) is 4.79 Å². The van der Waals surface area contributed by atoms with Crippen molar-refractivity contribution in [2.75, 3.05) is 0 Å². The molecule has 19 heavy (non-hydrogen) atoms. The van der Waals surface area contributed by atoms with Crippen LogP contribution < -0.4 is 0 Å². The molecule has 0 aromatic rings. The van der Waals surface area contributed by atoms with Crippen LogP contribution in [0.5, 0.6) is 0 Å². The number of aliphatic carboxylic acids is 1. The van der Waals surface area contributed by atoms with Gasteiger partial charge in [-0.25, -0.2) is 4.79 Å². The molecule has 0 aromatic heterocycles. The van der Waals surface area contributed by atoms with Gasteiger partial charge in [0.25, 0.3) is 0 Å². The zero-order valence-corrected chi connectivity index (χ0v) is 17.4. The summed E-state index contributed by atoms with van der Waals surface area (Å²) in [7, 11) is -4.82. The van der Waals surface area contributed by atoms with E-state index in [4.69, 9.17) is 0 Å². The van der Waals surface area contributed by atoms with Crippen molar-refractivity contribution in [1.29, 1.82) is 0 Å². The Morgan fingerprint density at radius 2 is 1.21 bits per heavy atom. The first-order valence-corrected chi connectivity index (χ1v) is 17.6. The van der Waals surface area contributed by atoms with Gasteiger partial charge in [0.2, 0.25) is 0 Å². The summed E-state index contributed by atoms with van der Waals surface area (Å²) in [4.78, 5) is 11.9. The van der Waals surface area contributed by atoms with Crippen LogP contribution in [-0.4, -0.2) is 35.3 Å². The fraction of sp³-hybridized carbons (Fsp3) is 0.786. The Hall–Kier alpha value is -0.139. The van der Waals surface area contributed by atoms with Crippen LogP contribution in [0.15, 0.2) is 11.3 Å². The summed E-state index contributed by atoms with van der Waals surface area (Å²) in [5.41, 5.74) is 2.84. The third-order valence-corrected chi connectivity index (χ3v) is 16.5. The molecule has 0 heterocycles. The average molecular weight is 317 g/mol. The molecule has 0 aliphatic rings. The van der Waals surface area contributed by atoms with Gasteiger partial charge >= 0.3 is 5.97 Å². The molecule has 0 amide bonds. The Labute approximate surface area is 122 Å². The lowest BCUT2D eigenvalue weighted by Gasteiger charge is -2.50. The minimum atomic E-state index is -1.64. The molecule has 0 radical (unpaired) electrons. The average Bonchev–Trinajstić information content (AvgIpc) is 2.07. The van der Waals surface area contributed by atoms with E-state index in [0.29, 0.717) is 5.57 Å². The number of carbonyl (C=O) groups is 1. The molecule has 0 aliphatic carbocycles. The van der Waals surface area contributed by atoms with Crippen molar-refractivity contribution >= 4 is 30.2 Å². The van der Waals surface area contributed by atoms with Gasteiger partial charge in [0.05, 0.1) is 24.2 Å². The van der Waals surface area contributed by atoms with Crippen molar-refractivity contribution < 1.29 is 9.90 Å². The second-order valence-electron chi connectivity index (χ2n) is 8.85. The van der Waals surface area contributed by atoms with E-state index in [-0.39, 0.29) is 4.66 Å². The first-order valence-electron chi connectivity index (χ1n) is 7.01. The molecule has 0 rings (SSSR count). The molecule has 0 unspecified atom stereocenters. The summed E-state index contributed by atoms with van der Waals surface area (Å²) < 4.78 is -0.105. The van der Waals surface area contributed by atoms with Crippen molar-refractivity contribution in [1.82, 2.24) is 0 Å². The van der Waals surface area contributed by atoms with Crippen LogP contribution >= 0.6 is 0 Å². The first-order chi connectivity index (χ1) is 8.04. The molecule has 0 spiro atoms. The fourth-order valence-corrected chi connectivity index (χ4v) is 15.3. The molecule has 1 N–H and O–H groups in total. The van der Waals surface area contributed by atoms with Crippen LogP contribution in [0.4, 0.5) is 0 Å². The van der Waals surface area contributed by atoms with Crippen LogP contribution in [0.1, 0.15) is 6.92 Å². The Morgan fingerprint density at radius 3 is 1.37 bits per heavy atom. The van der Waals surface area contributed by atoms with E-state index in [2.05, 4.69) is 71.5 Å². The maximum Gasteiger partial charge on any atom is 0.330 e. The monoisotopic (exact) mass is 316 g/mol. The van der Waals surface area contributed by atoms with Crippen molar-refractivity contribution in [3.63, 3.8) is 0 Å². The summed E-state index contributed by atoms with van der Waals surface area (Å²) in [6.45, 7) is 22.7. The predicted molar refractivity (Wildman–Crippen MR) is 94.1 cm³/mol. The molecule has 0 fully saturated rings. The summed E-state index contributed by atoms with van der Waals surface area (Å²) in [6.07, 6.45) is 0. The number of hydrogen-bond donors (Lipinski definition) is 1. The summed E-state index contributed by atoms with van der Waals surface area (Å²) in [6, 6.07) is 0. The van der Waals surface area contributed by atoms with E-state index in [0.717, 1.165) is 0 Å². The van der Waals surface area contributed by atoms with Crippen molar-refractivity contribution in [2.24, 2.45) is 0 Å². The smallest absolute Gasteiger partial charge is 0.330 e. The van der Waals surface area contributed by atoms with E-state index in [1.54, 1.807) is 0 Å². The van der Waals surface area contributed by atoms with Gasteiger partial charge in [-0.1, -0.05) is 71.5 Å². The molecule has 5 heteroatoms. The first kappa shape index (κ1) is 18.9. The lowest BCUT2D eigenvalue weighted by Crippen LogP contribution is -2.55. The quantitative estimate of drug-likeness (QED) is 0.581. The van der Waals surface area contributed by atoms with Crippen LogP contribution in [0.2, 0.25) is 63.6 Å². The van der Waals surface area contributed by atoms with Crippen molar-refractivity contribution in [3.8, 4) is 0 Å². The number of carboxylic acids is 1. The van der Waals surface area contributed by atoms with E-state index in [1.807, 2.05) is 0 Å². The topological polar surface area (TPSA) is 37.3 Å². The molecule has 0 saturated carbocycles. The summed E-state index contributed by atoms with van der Waals surface area (Å²) in [5.74, 6) is -0.699. The van der Waals surface area contributed by atoms with Gasteiger partial charge in [0.15, 0.2) is 0 Å². The van der Waals surface area contributed by atoms with E-state index in [9.17, 15) is 9.90 Å². The maximum atomic E-state index is 11.9. The lowest BCUT2D eigenvalue weighted by molar-refractivity contribution is -0.132. The van der Waals surface area contributed by atoms with Crippen LogP contribution in [0.3, 0.4) is 0 Å². The minimum absolute atomic E-state index is 0.105. The maximum absolute atomic E-state index is 11.9. The Morgan fingerprint density at radius 1 is 0.895 bits per heavy atom. The van der Waals surface area contributed by atoms with Gasteiger partial charge in [0.1, 0.15) is 0 Å². The fourth-order valence-electron chi connectivity index (χ4n) is 2.79. The number of rotatable bonds is 5. The molecule has 2 nitrogen and oxygen atoms in total. The number of hydrogen-bond acceptors (Lipinski definition) is 1. The third kappa shape index (κ3) is 4.16. The highest BCUT2D eigenvalue weighted by molar-refractivity contribution is 7.00. The van der Waals surface area contributed by atoms with Gasteiger partial charge < -0.3 is 5.11 Å². The van der Waals surface area contributed by atoms with E-state index < -0.39 is 30.2 Å². The molecule has 0 aromatic carbocycles. The molecular formula is C14H32O2Si3. The molecule has 0 atom stereocenters. The standard InChI is InChI=1S/C14H32O2Si3/c1-14(18(5,6)7,19(8,9)10)12(13(15)16)11-17(2,3)4/h11H,1-10H3,(H,15,16). The molecule has 0 bridgehead atoms. The van der Waals surface area contributed by atoms with Crippen LogP contribution in [0, 0.1) is 0 Å². The third-order valence-electron chi connectivity index (χ3n) is 4.35. The highest BCUT2D eigenvalue weighted by atomic mass is 28.4. The van der Waals surface area contributed by atoms with Gasteiger partial charge in [-0.3, -0.25) is 0 Å². The minimum Gasteiger partial charge on any atom is -0.478 e. The molecule has 0 aliphatic heterocycles. The normalized spacial score (nSPS) is 15.6. The van der Waals surface area contributed by atoms with Gasteiger partial charge in [0, 0.05) is 5.57 Å². The zero-order chi connectivity index (χ0) is 15.9. The highest BCUT2D eigenvalue weighted by Crippen LogP contribution is 2.52. The Kier molecular flexibility index (Phi) is 5.29. The van der Waals surface area contributed by atoms with Gasteiger partial charge in [-0.15, -0.1) is 0 Å². The van der Waals surface area contributed by atoms with E-state index in [1.165, 1.54) is 0 Å². The predicted octanol–water partition coefficient (Wildman–Crippen LogP) is 4.85. The highest BCUT2D eigenvalue weighted by Gasteiger charge is 2.53. The van der Waals surface area contributed by atoms with Gasteiger partial charge in [-0.2, -0.15) is 0 Å². The SMILES string of the molecule is CC(C(=C[Si](C)(C)C)C(=O)O)([Si](C)(C)C)[Si](C)(C)C. The Balaban J connectivity index is 6.29. The molecule has 112 valence electrons. The van der Waals surface area contributed by atoms with Gasteiger partial charge in [-0.05, 0) is 4.66 Å². The van der Waals surface area contributed by atoms with E-state index >= 15 is 0 Å².